The summed E-state index contributed by atoms with van der Waals surface area (Å²) >= 11 is 5.81. The summed E-state index contributed by atoms with van der Waals surface area (Å²) in [5, 5.41) is 11.7. The molecule has 0 fully saturated rings. The number of rotatable bonds is 10. The number of nitriles is 1. The average Bonchev–Trinajstić information content (AvgIpc) is 2.75. The summed E-state index contributed by atoms with van der Waals surface area (Å²) in [5.74, 6) is -0.213. The summed E-state index contributed by atoms with van der Waals surface area (Å²) in [4.78, 5) is 14.3. The molecule has 10 heteroatoms. The molecule has 2 aromatic rings. The fraction of sp³-hybridized carbons (Fsp3) is 0.364. The number of carbonyl (C=O) groups is 1. The van der Waals surface area contributed by atoms with Gasteiger partial charge < -0.3 is 19.7 Å². The van der Waals surface area contributed by atoms with E-state index in [9.17, 15) is 23.2 Å². The van der Waals surface area contributed by atoms with Crippen LogP contribution in [0.2, 0.25) is 5.02 Å². The number of anilines is 1. The molecular weight excluding hydrogens is 447 g/mol. The zero-order valence-corrected chi connectivity index (χ0v) is 18.4. The Morgan fingerprint density at radius 3 is 2.41 bits per heavy atom. The van der Waals surface area contributed by atoms with E-state index in [0.717, 1.165) is 37.8 Å². The second-order valence-corrected chi connectivity index (χ2v) is 7.09. The molecule has 1 amide bonds. The third-order valence-electron chi connectivity index (χ3n) is 4.56. The van der Waals surface area contributed by atoms with E-state index in [1.165, 1.54) is 6.07 Å². The van der Waals surface area contributed by atoms with Gasteiger partial charge >= 0.3 is 6.18 Å². The Kier molecular flexibility index (Phi) is 9.17. The topological polar surface area (TPSA) is 74.6 Å². The number of ether oxygens (including phenoxy) is 2. The third-order valence-corrected chi connectivity index (χ3v) is 4.86. The highest BCUT2D eigenvalue weighted by atomic mass is 35.5. The lowest BCUT2D eigenvalue weighted by Crippen LogP contribution is -2.28. The Hall–Kier alpha value is -2.96. The van der Waals surface area contributed by atoms with Crippen LogP contribution in [0, 0.1) is 11.3 Å². The van der Waals surface area contributed by atoms with Crippen molar-refractivity contribution in [1.29, 1.82) is 5.26 Å². The molecule has 2 aromatic carbocycles. The lowest BCUT2D eigenvalue weighted by Gasteiger charge is -2.18. The minimum absolute atomic E-state index is 0.0514. The maximum atomic E-state index is 12.7. The van der Waals surface area contributed by atoms with Gasteiger partial charge in [-0.3, -0.25) is 4.79 Å². The number of benzene rings is 2. The monoisotopic (exact) mass is 469 g/mol. The molecule has 6 nitrogen and oxygen atoms in total. The Bertz CT molecular complexity index is 973. The standard InChI is InChI=1S/C22H23ClF3N3O3/c1-3-29(4-2)9-10-31-19-8-6-17(11-15(19)13-27)28-21(30)14-32-20-7-5-16(12-18(20)23)22(24,25)26/h5-8,11-12H,3-4,9-10,14H2,1-2H3,(H,28,30). The molecular formula is C22H23ClF3N3O3. The minimum atomic E-state index is -4.53. The van der Waals surface area contributed by atoms with E-state index in [-0.39, 0.29) is 16.3 Å². The first kappa shape index (κ1) is 25.3. The van der Waals surface area contributed by atoms with E-state index < -0.39 is 24.3 Å². The second-order valence-electron chi connectivity index (χ2n) is 6.68. The van der Waals surface area contributed by atoms with Gasteiger partial charge in [0.25, 0.3) is 5.91 Å². The molecule has 0 saturated carbocycles. The third kappa shape index (κ3) is 7.32. The maximum Gasteiger partial charge on any atom is 0.416 e. The smallest absolute Gasteiger partial charge is 0.416 e. The van der Waals surface area contributed by atoms with Crippen molar-refractivity contribution in [2.45, 2.75) is 20.0 Å². The highest BCUT2D eigenvalue weighted by Crippen LogP contribution is 2.34. The van der Waals surface area contributed by atoms with Gasteiger partial charge in [0.1, 0.15) is 24.2 Å². The molecule has 0 aliphatic heterocycles. The van der Waals surface area contributed by atoms with Gasteiger partial charge in [0.15, 0.2) is 6.61 Å². The van der Waals surface area contributed by atoms with Crippen molar-refractivity contribution in [3.63, 3.8) is 0 Å². The number of amides is 1. The SMILES string of the molecule is CCN(CC)CCOc1ccc(NC(=O)COc2ccc(C(F)(F)F)cc2Cl)cc1C#N. The molecule has 172 valence electrons. The second kappa shape index (κ2) is 11.6. The van der Waals surface area contributed by atoms with E-state index in [1.807, 2.05) is 6.07 Å². The van der Waals surface area contributed by atoms with Crippen LogP contribution in [0.15, 0.2) is 36.4 Å². The Balaban J connectivity index is 1.93. The number of hydrogen-bond donors (Lipinski definition) is 1. The van der Waals surface area contributed by atoms with Gasteiger partial charge in [0, 0.05) is 12.2 Å². The fourth-order valence-corrected chi connectivity index (χ4v) is 3.02. The zero-order chi connectivity index (χ0) is 23.7. The molecule has 0 atom stereocenters. The highest BCUT2D eigenvalue weighted by molar-refractivity contribution is 6.32. The van der Waals surface area contributed by atoms with E-state index in [1.54, 1.807) is 12.1 Å². The molecule has 2 rings (SSSR count). The van der Waals surface area contributed by atoms with Gasteiger partial charge in [-0.25, -0.2) is 0 Å². The van der Waals surface area contributed by atoms with Gasteiger partial charge in [-0.2, -0.15) is 18.4 Å². The molecule has 0 spiro atoms. The summed E-state index contributed by atoms with van der Waals surface area (Å²) in [7, 11) is 0. The summed E-state index contributed by atoms with van der Waals surface area (Å²) in [5.41, 5.74) is -0.304. The number of alkyl halides is 3. The quantitative estimate of drug-likeness (QED) is 0.532. The van der Waals surface area contributed by atoms with Crippen LogP contribution in [0.3, 0.4) is 0 Å². The number of nitrogens with one attached hydrogen (secondary N) is 1. The highest BCUT2D eigenvalue weighted by Gasteiger charge is 2.31. The van der Waals surface area contributed by atoms with E-state index in [4.69, 9.17) is 21.1 Å². The Morgan fingerprint density at radius 2 is 1.81 bits per heavy atom. The molecule has 0 bridgehead atoms. The van der Waals surface area contributed by atoms with Crippen molar-refractivity contribution < 1.29 is 27.4 Å². The van der Waals surface area contributed by atoms with Gasteiger partial charge in [0.2, 0.25) is 0 Å². The number of nitrogens with zero attached hydrogens (tertiary/aromatic N) is 2. The zero-order valence-electron chi connectivity index (χ0n) is 17.6. The Labute approximate surface area is 189 Å². The number of likely N-dealkylation sites (N-methyl/N-ethyl adjacent to an activating group) is 1. The molecule has 0 aliphatic carbocycles. The molecule has 32 heavy (non-hydrogen) atoms. The van der Waals surface area contributed by atoms with Crippen molar-refractivity contribution in [3.05, 3.63) is 52.5 Å². The first-order chi connectivity index (χ1) is 15.2. The van der Waals surface area contributed by atoms with Crippen LogP contribution >= 0.6 is 11.6 Å². The van der Waals surface area contributed by atoms with Gasteiger partial charge in [-0.15, -0.1) is 0 Å². The van der Waals surface area contributed by atoms with E-state index in [2.05, 4.69) is 24.1 Å². The molecule has 0 aliphatic rings. The summed E-state index contributed by atoms with van der Waals surface area (Å²) in [6.07, 6.45) is -4.53. The fourth-order valence-electron chi connectivity index (χ4n) is 2.78. The normalized spacial score (nSPS) is 11.2. The van der Waals surface area contributed by atoms with Crippen molar-refractivity contribution in [1.82, 2.24) is 4.90 Å². The predicted molar refractivity (Wildman–Crippen MR) is 115 cm³/mol. The first-order valence-corrected chi connectivity index (χ1v) is 10.2. The van der Waals surface area contributed by atoms with Crippen molar-refractivity contribution >= 4 is 23.2 Å². The van der Waals surface area contributed by atoms with Crippen LogP contribution in [0.25, 0.3) is 0 Å². The number of halogens is 4. The molecule has 0 heterocycles. The van der Waals surface area contributed by atoms with Crippen LogP contribution in [-0.2, 0) is 11.0 Å². The number of hydrogen-bond acceptors (Lipinski definition) is 5. The summed E-state index contributed by atoms with van der Waals surface area (Å²) < 4.78 is 48.9. The average molecular weight is 470 g/mol. The molecule has 1 N–H and O–H groups in total. The lowest BCUT2D eigenvalue weighted by molar-refractivity contribution is -0.137. The van der Waals surface area contributed by atoms with Crippen molar-refractivity contribution in [2.75, 3.05) is 38.2 Å². The van der Waals surface area contributed by atoms with Crippen LogP contribution in [0.5, 0.6) is 11.5 Å². The predicted octanol–water partition coefficient (Wildman–Crippen LogP) is 4.97. The number of carbonyl (C=O) groups excluding carboxylic acids is 1. The molecule has 0 radical (unpaired) electrons. The van der Waals surface area contributed by atoms with Gasteiger partial charge in [-0.1, -0.05) is 25.4 Å². The Morgan fingerprint density at radius 1 is 1.12 bits per heavy atom. The molecule has 0 unspecified atom stereocenters. The van der Waals surface area contributed by atoms with Crippen molar-refractivity contribution in [2.24, 2.45) is 0 Å². The maximum absolute atomic E-state index is 12.7. The van der Waals surface area contributed by atoms with E-state index in [0.29, 0.717) is 18.0 Å². The van der Waals surface area contributed by atoms with Crippen molar-refractivity contribution in [3.8, 4) is 17.6 Å². The lowest BCUT2D eigenvalue weighted by atomic mass is 10.2. The van der Waals surface area contributed by atoms with Crippen LogP contribution in [-0.4, -0.2) is 43.7 Å². The van der Waals surface area contributed by atoms with Gasteiger partial charge in [0.05, 0.1) is 16.1 Å². The van der Waals surface area contributed by atoms with Gasteiger partial charge in [-0.05, 0) is 49.5 Å². The minimum Gasteiger partial charge on any atom is -0.491 e. The van der Waals surface area contributed by atoms with Crippen LogP contribution in [0.1, 0.15) is 25.0 Å². The first-order valence-electron chi connectivity index (χ1n) is 9.86. The van der Waals surface area contributed by atoms with E-state index >= 15 is 0 Å². The van der Waals surface area contributed by atoms with Crippen LogP contribution < -0.4 is 14.8 Å². The molecule has 0 aromatic heterocycles. The molecule has 0 saturated heterocycles. The van der Waals surface area contributed by atoms with Crippen LogP contribution in [0.4, 0.5) is 18.9 Å². The largest absolute Gasteiger partial charge is 0.491 e. The summed E-state index contributed by atoms with van der Waals surface area (Å²) in [6.45, 7) is 6.57. The summed E-state index contributed by atoms with van der Waals surface area (Å²) in [6, 6.07) is 9.26.